The van der Waals surface area contributed by atoms with E-state index in [0.29, 0.717) is 11.6 Å². The van der Waals surface area contributed by atoms with Crippen LogP contribution in [0.25, 0.3) is 0 Å². The van der Waals surface area contributed by atoms with Gasteiger partial charge in [0.05, 0.1) is 17.1 Å². The third kappa shape index (κ3) is 3.09. The normalized spacial score (nSPS) is 16.5. The Labute approximate surface area is 116 Å². The minimum Gasteiger partial charge on any atom is -0.373 e. The number of nitrogens with zero attached hydrogens (tertiary/aromatic N) is 2. The van der Waals surface area contributed by atoms with Crippen molar-refractivity contribution in [3.05, 3.63) is 22.2 Å². The lowest BCUT2D eigenvalue weighted by molar-refractivity contribution is -0.384. The van der Waals surface area contributed by atoms with Crippen molar-refractivity contribution in [1.29, 1.82) is 0 Å². The van der Waals surface area contributed by atoms with Crippen LogP contribution >= 0.6 is 11.8 Å². The van der Waals surface area contributed by atoms with Crippen molar-refractivity contribution in [2.75, 3.05) is 30.5 Å². The van der Waals surface area contributed by atoms with Crippen molar-refractivity contribution >= 4 is 29.1 Å². The first-order valence-electron chi connectivity index (χ1n) is 6.22. The van der Waals surface area contributed by atoms with Gasteiger partial charge in [0.25, 0.3) is 5.69 Å². The summed E-state index contributed by atoms with van der Waals surface area (Å²) in [4.78, 5) is 14.8. The molecule has 1 aliphatic rings. The summed E-state index contributed by atoms with van der Waals surface area (Å²) in [5.74, 6) is 1.06. The number of rotatable bonds is 6. The summed E-state index contributed by atoms with van der Waals surface area (Å²) in [5.41, 5.74) is 0.0497. The molecule has 7 heteroatoms. The highest BCUT2D eigenvalue weighted by Gasteiger charge is 2.35. The van der Waals surface area contributed by atoms with Gasteiger partial charge in [0, 0.05) is 18.3 Å². The van der Waals surface area contributed by atoms with E-state index in [1.54, 1.807) is 7.05 Å². The van der Waals surface area contributed by atoms with Gasteiger partial charge in [-0.2, -0.15) is 11.8 Å². The molecule has 1 aliphatic carbocycles. The van der Waals surface area contributed by atoms with E-state index in [9.17, 15) is 10.1 Å². The van der Waals surface area contributed by atoms with Gasteiger partial charge < -0.3 is 10.6 Å². The monoisotopic (exact) mass is 282 g/mol. The summed E-state index contributed by atoms with van der Waals surface area (Å²) in [7, 11) is 1.70. The van der Waals surface area contributed by atoms with Gasteiger partial charge in [-0.1, -0.05) is 6.42 Å². The van der Waals surface area contributed by atoms with E-state index in [1.807, 2.05) is 11.8 Å². The zero-order valence-corrected chi connectivity index (χ0v) is 11.9. The molecule has 19 heavy (non-hydrogen) atoms. The van der Waals surface area contributed by atoms with Gasteiger partial charge in [0.15, 0.2) is 0 Å². The Morgan fingerprint density at radius 3 is 2.63 bits per heavy atom. The number of aromatic nitrogens is 1. The molecule has 0 spiro atoms. The van der Waals surface area contributed by atoms with E-state index >= 15 is 0 Å². The minimum absolute atomic E-state index is 0.0497. The zero-order valence-electron chi connectivity index (χ0n) is 11.1. The van der Waals surface area contributed by atoms with Crippen LogP contribution in [0.5, 0.6) is 0 Å². The largest absolute Gasteiger partial charge is 0.373 e. The number of thioether (sulfide) groups is 1. The second kappa shape index (κ2) is 5.64. The highest BCUT2D eigenvalue weighted by molar-refractivity contribution is 8.00. The van der Waals surface area contributed by atoms with E-state index < -0.39 is 4.92 Å². The zero-order chi connectivity index (χ0) is 13.9. The molecule has 1 aromatic rings. The molecule has 0 saturated heterocycles. The molecule has 0 radical (unpaired) electrons. The van der Waals surface area contributed by atoms with Crippen LogP contribution in [0.3, 0.4) is 0 Å². The van der Waals surface area contributed by atoms with Crippen LogP contribution in [-0.4, -0.2) is 34.5 Å². The highest BCUT2D eigenvalue weighted by Crippen LogP contribution is 2.42. The van der Waals surface area contributed by atoms with Crippen molar-refractivity contribution in [1.82, 2.24) is 4.98 Å². The molecule has 6 nitrogen and oxygen atoms in total. The first-order valence-corrected chi connectivity index (χ1v) is 7.44. The Morgan fingerprint density at radius 2 is 2.16 bits per heavy atom. The predicted molar refractivity (Wildman–Crippen MR) is 79.0 cm³/mol. The summed E-state index contributed by atoms with van der Waals surface area (Å²) in [5, 5.41) is 16.9. The van der Waals surface area contributed by atoms with Gasteiger partial charge in [-0.05, 0) is 19.1 Å². The van der Waals surface area contributed by atoms with Crippen molar-refractivity contribution in [2.24, 2.45) is 0 Å². The van der Waals surface area contributed by atoms with Gasteiger partial charge in [0.2, 0.25) is 0 Å². The lowest BCUT2D eigenvalue weighted by Gasteiger charge is -2.40. The molecule has 2 rings (SSSR count). The maximum absolute atomic E-state index is 10.9. The Bertz CT molecular complexity index is 471. The standard InChI is InChI=1S/C12H18N4O2S/c1-13-10-6-9(16(17)18)7-11(15-10)14-8-12(19-2)4-3-5-12/h6-7H,3-5,8H2,1-2H3,(H2,13,14,15). The molecule has 0 bridgehead atoms. The topological polar surface area (TPSA) is 80.1 Å². The van der Waals surface area contributed by atoms with E-state index in [2.05, 4.69) is 21.9 Å². The van der Waals surface area contributed by atoms with Gasteiger partial charge in [-0.3, -0.25) is 10.1 Å². The number of hydrogen-bond donors (Lipinski definition) is 2. The quantitative estimate of drug-likeness (QED) is 0.617. The highest BCUT2D eigenvalue weighted by atomic mass is 32.2. The second-order valence-electron chi connectivity index (χ2n) is 4.70. The Morgan fingerprint density at radius 1 is 1.47 bits per heavy atom. The summed E-state index contributed by atoms with van der Waals surface area (Å²) >= 11 is 1.86. The lowest BCUT2D eigenvalue weighted by Crippen LogP contribution is -2.40. The Kier molecular flexibility index (Phi) is 4.14. The number of hydrogen-bond acceptors (Lipinski definition) is 6. The van der Waals surface area contributed by atoms with Crippen molar-refractivity contribution in [3.8, 4) is 0 Å². The average Bonchev–Trinajstić information content (AvgIpc) is 2.37. The molecule has 1 fully saturated rings. The van der Waals surface area contributed by atoms with Gasteiger partial charge in [-0.25, -0.2) is 4.98 Å². The molecule has 104 valence electrons. The van der Waals surface area contributed by atoms with Crippen molar-refractivity contribution in [2.45, 2.75) is 24.0 Å². The first kappa shape index (κ1) is 13.9. The number of anilines is 2. The molecule has 1 aromatic heterocycles. The molecule has 0 amide bonds. The maximum atomic E-state index is 10.9. The van der Waals surface area contributed by atoms with Gasteiger partial charge in [0.1, 0.15) is 11.6 Å². The van der Waals surface area contributed by atoms with Crippen LogP contribution in [-0.2, 0) is 0 Å². The molecular weight excluding hydrogens is 264 g/mol. The number of nitrogens with one attached hydrogen (secondary N) is 2. The molecule has 2 N–H and O–H groups in total. The van der Waals surface area contributed by atoms with Crippen LogP contribution in [0.4, 0.5) is 17.3 Å². The molecule has 0 unspecified atom stereocenters. The smallest absolute Gasteiger partial charge is 0.276 e. The van der Waals surface area contributed by atoms with E-state index in [4.69, 9.17) is 0 Å². The molecule has 0 aromatic carbocycles. The third-order valence-electron chi connectivity index (χ3n) is 3.57. The SMILES string of the molecule is CNc1cc([N+](=O)[O-])cc(NCC2(SC)CCC2)n1. The second-order valence-corrected chi connectivity index (χ2v) is 5.97. The summed E-state index contributed by atoms with van der Waals surface area (Å²) in [6.07, 6.45) is 5.75. The third-order valence-corrected chi connectivity index (χ3v) is 4.99. The minimum atomic E-state index is -0.401. The summed E-state index contributed by atoms with van der Waals surface area (Å²) < 4.78 is 0.270. The summed E-state index contributed by atoms with van der Waals surface area (Å²) in [6.45, 7) is 0.797. The number of nitro groups is 1. The molecule has 0 atom stereocenters. The van der Waals surface area contributed by atoms with E-state index in [-0.39, 0.29) is 10.4 Å². The fraction of sp³-hybridized carbons (Fsp3) is 0.583. The molecule has 1 heterocycles. The predicted octanol–water partition coefficient (Wildman–Crippen LogP) is 2.73. The molecule has 1 saturated carbocycles. The first-order chi connectivity index (χ1) is 9.08. The van der Waals surface area contributed by atoms with Crippen LogP contribution in [0.1, 0.15) is 19.3 Å². The van der Waals surface area contributed by atoms with E-state index in [0.717, 1.165) is 6.54 Å². The van der Waals surface area contributed by atoms with Crippen LogP contribution in [0.2, 0.25) is 0 Å². The molecular formula is C12H18N4O2S. The molecule has 0 aliphatic heterocycles. The van der Waals surface area contributed by atoms with Crippen LogP contribution < -0.4 is 10.6 Å². The fourth-order valence-corrected chi connectivity index (χ4v) is 3.03. The van der Waals surface area contributed by atoms with Crippen molar-refractivity contribution < 1.29 is 4.92 Å². The van der Waals surface area contributed by atoms with E-state index in [1.165, 1.54) is 31.4 Å². The Hall–Kier alpha value is -1.50. The average molecular weight is 282 g/mol. The summed E-state index contributed by atoms with van der Waals surface area (Å²) in [6, 6.07) is 2.91. The Balaban J connectivity index is 2.11. The lowest BCUT2D eigenvalue weighted by atomic mass is 9.84. The van der Waals surface area contributed by atoms with Crippen LogP contribution in [0.15, 0.2) is 12.1 Å². The van der Waals surface area contributed by atoms with Crippen LogP contribution in [0, 0.1) is 10.1 Å². The van der Waals surface area contributed by atoms with Crippen molar-refractivity contribution in [3.63, 3.8) is 0 Å². The number of pyridine rings is 1. The fourth-order valence-electron chi connectivity index (χ4n) is 2.12. The van der Waals surface area contributed by atoms with Gasteiger partial charge in [-0.15, -0.1) is 0 Å². The maximum Gasteiger partial charge on any atom is 0.276 e. The van der Waals surface area contributed by atoms with Gasteiger partial charge >= 0.3 is 0 Å².